The molecular formula is C17H19NO2. The molecule has 1 aromatic rings. The Morgan fingerprint density at radius 2 is 1.55 bits per heavy atom. The third-order valence-corrected chi connectivity index (χ3v) is 5.63. The monoisotopic (exact) mass is 269 g/mol. The van der Waals surface area contributed by atoms with E-state index < -0.39 is 0 Å². The molecule has 5 atom stereocenters. The van der Waals surface area contributed by atoms with Gasteiger partial charge in [-0.05, 0) is 43.6 Å². The Morgan fingerprint density at radius 1 is 1.00 bits per heavy atom. The van der Waals surface area contributed by atoms with Crippen LogP contribution in [0.15, 0.2) is 30.3 Å². The molecular weight excluding hydrogens is 250 g/mol. The van der Waals surface area contributed by atoms with Crippen LogP contribution in [0.2, 0.25) is 0 Å². The lowest BCUT2D eigenvalue weighted by atomic mass is 9.81. The SMILES string of the molecule is CC(c1ccccc1)N1C(=O)C2C3CCC(C3)C2C1=O. The minimum absolute atomic E-state index is 0.00703. The first-order valence-corrected chi connectivity index (χ1v) is 7.60. The molecule has 3 fully saturated rings. The number of carbonyl (C=O) groups excluding carboxylic acids is 2. The Labute approximate surface area is 119 Å². The van der Waals surface area contributed by atoms with Crippen molar-refractivity contribution >= 4 is 11.8 Å². The summed E-state index contributed by atoms with van der Waals surface area (Å²) in [5.41, 5.74) is 1.04. The lowest BCUT2D eigenvalue weighted by Gasteiger charge is -2.24. The summed E-state index contributed by atoms with van der Waals surface area (Å²) in [5.74, 6) is 1.09. The van der Waals surface area contributed by atoms with Crippen LogP contribution in [0.4, 0.5) is 0 Å². The van der Waals surface area contributed by atoms with Crippen molar-refractivity contribution in [1.82, 2.24) is 4.90 Å². The normalized spacial score (nSPS) is 36.5. The van der Waals surface area contributed by atoms with Gasteiger partial charge in [-0.1, -0.05) is 30.3 Å². The van der Waals surface area contributed by atoms with Gasteiger partial charge in [0.05, 0.1) is 17.9 Å². The fraction of sp³-hybridized carbons (Fsp3) is 0.529. The van der Waals surface area contributed by atoms with E-state index in [9.17, 15) is 9.59 Å². The highest BCUT2D eigenvalue weighted by Crippen LogP contribution is 2.57. The lowest BCUT2D eigenvalue weighted by Crippen LogP contribution is -2.35. The molecule has 20 heavy (non-hydrogen) atoms. The van der Waals surface area contributed by atoms with Gasteiger partial charge < -0.3 is 0 Å². The molecule has 5 unspecified atom stereocenters. The second-order valence-corrected chi connectivity index (χ2v) is 6.52. The molecule has 0 aromatic heterocycles. The highest BCUT2D eigenvalue weighted by Gasteiger charge is 2.61. The Kier molecular flexibility index (Phi) is 2.53. The van der Waals surface area contributed by atoms with E-state index in [1.54, 1.807) is 4.90 Å². The molecule has 0 N–H and O–H groups in total. The van der Waals surface area contributed by atoms with Crippen molar-refractivity contribution in [2.24, 2.45) is 23.7 Å². The van der Waals surface area contributed by atoms with Gasteiger partial charge in [0.15, 0.2) is 0 Å². The Morgan fingerprint density at radius 3 is 2.10 bits per heavy atom. The summed E-state index contributed by atoms with van der Waals surface area (Å²) in [6, 6.07) is 9.73. The van der Waals surface area contributed by atoms with Crippen molar-refractivity contribution in [2.75, 3.05) is 0 Å². The second-order valence-electron chi connectivity index (χ2n) is 6.52. The molecule has 1 aliphatic heterocycles. The van der Waals surface area contributed by atoms with Crippen molar-refractivity contribution in [1.29, 1.82) is 0 Å². The first-order valence-electron chi connectivity index (χ1n) is 7.60. The maximum atomic E-state index is 12.7. The van der Waals surface area contributed by atoms with Crippen LogP contribution in [0.5, 0.6) is 0 Å². The van der Waals surface area contributed by atoms with Gasteiger partial charge in [-0.15, -0.1) is 0 Å². The molecule has 4 rings (SSSR count). The van der Waals surface area contributed by atoms with Crippen LogP contribution in [0.3, 0.4) is 0 Å². The summed E-state index contributed by atoms with van der Waals surface area (Å²) in [5, 5.41) is 0. The number of carbonyl (C=O) groups is 2. The predicted molar refractivity (Wildman–Crippen MR) is 74.5 cm³/mol. The van der Waals surface area contributed by atoms with E-state index in [0.29, 0.717) is 11.8 Å². The van der Waals surface area contributed by atoms with Gasteiger partial charge >= 0.3 is 0 Å². The van der Waals surface area contributed by atoms with E-state index in [2.05, 4.69) is 0 Å². The quantitative estimate of drug-likeness (QED) is 0.774. The van der Waals surface area contributed by atoms with E-state index in [-0.39, 0.29) is 29.7 Å². The number of rotatable bonds is 2. The van der Waals surface area contributed by atoms with Gasteiger partial charge in [0.2, 0.25) is 11.8 Å². The largest absolute Gasteiger partial charge is 0.275 e. The van der Waals surface area contributed by atoms with Crippen molar-refractivity contribution in [3.05, 3.63) is 35.9 Å². The van der Waals surface area contributed by atoms with Crippen molar-refractivity contribution < 1.29 is 9.59 Å². The van der Waals surface area contributed by atoms with Crippen molar-refractivity contribution in [2.45, 2.75) is 32.2 Å². The van der Waals surface area contributed by atoms with E-state index in [1.165, 1.54) is 0 Å². The van der Waals surface area contributed by atoms with Crippen molar-refractivity contribution in [3.8, 4) is 0 Å². The molecule has 1 aromatic carbocycles. The third-order valence-electron chi connectivity index (χ3n) is 5.63. The standard InChI is InChI=1S/C17H19NO2/c1-10(11-5-3-2-4-6-11)18-16(19)14-12-7-8-13(9-12)15(14)17(18)20/h2-6,10,12-15H,7-9H2,1H3. The van der Waals surface area contributed by atoms with Gasteiger partial charge in [-0.25, -0.2) is 0 Å². The first-order chi connectivity index (χ1) is 9.68. The molecule has 3 heteroatoms. The number of fused-ring (bicyclic) bond motifs is 5. The summed E-state index contributed by atoms with van der Waals surface area (Å²) in [6.07, 6.45) is 3.37. The maximum Gasteiger partial charge on any atom is 0.233 e. The zero-order valence-corrected chi connectivity index (χ0v) is 11.7. The molecule has 3 aliphatic rings. The number of hydrogen-bond donors (Lipinski definition) is 0. The number of nitrogens with zero attached hydrogens (tertiary/aromatic N) is 1. The average molecular weight is 269 g/mol. The molecule has 0 spiro atoms. The van der Waals surface area contributed by atoms with Gasteiger partial charge in [-0.2, -0.15) is 0 Å². The number of imide groups is 1. The van der Waals surface area contributed by atoms with Crippen LogP contribution in [0.25, 0.3) is 0 Å². The molecule has 3 nitrogen and oxygen atoms in total. The zero-order valence-electron chi connectivity index (χ0n) is 11.7. The number of hydrogen-bond acceptors (Lipinski definition) is 2. The van der Waals surface area contributed by atoms with Crippen LogP contribution in [0, 0.1) is 23.7 Å². The smallest absolute Gasteiger partial charge is 0.233 e. The van der Waals surface area contributed by atoms with E-state index in [0.717, 1.165) is 24.8 Å². The minimum Gasteiger partial charge on any atom is -0.275 e. The average Bonchev–Trinajstić information content (AvgIpc) is 3.14. The van der Waals surface area contributed by atoms with Gasteiger partial charge in [0, 0.05) is 0 Å². The first kappa shape index (κ1) is 12.1. The molecule has 2 bridgehead atoms. The summed E-state index contributed by atoms with van der Waals surface area (Å²) in [6.45, 7) is 1.97. The Balaban J connectivity index is 1.67. The summed E-state index contributed by atoms with van der Waals surface area (Å²) >= 11 is 0. The highest BCUT2D eigenvalue weighted by atomic mass is 16.2. The second kappa shape index (κ2) is 4.18. The number of amides is 2. The van der Waals surface area contributed by atoms with E-state index in [4.69, 9.17) is 0 Å². The summed E-state index contributed by atoms with van der Waals surface area (Å²) in [4.78, 5) is 27.0. The molecule has 0 radical (unpaired) electrons. The Bertz CT molecular complexity index is 540. The molecule has 1 saturated heterocycles. The minimum atomic E-state index is -0.138. The maximum absolute atomic E-state index is 12.7. The third kappa shape index (κ3) is 1.46. The molecule has 2 amide bonds. The number of benzene rings is 1. The summed E-state index contributed by atoms with van der Waals surface area (Å²) < 4.78 is 0. The molecule has 2 aliphatic carbocycles. The predicted octanol–water partition coefficient (Wildman–Crippen LogP) is 2.78. The Hall–Kier alpha value is -1.64. The summed E-state index contributed by atoms with van der Waals surface area (Å²) in [7, 11) is 0. The van der Waals surface area contributed by atoms with Gasteiger partial charge in [0.1, 0.15) is 0 Å². The van der Waals surface area contributed by atoms with Crippen LogP contribution in [0.1, 0.15) is 37.8 Å². The van der Waals surface area contributed by atoms with Crippen molar-refractivity contribution in [3.63, 3.8) is 0 Å². The van der Waals surface area contributed by atoms with Crippen LogP contribution in [-0.4, -0.2) is 16.7 Å². The molecule has 2 saturated carbocycles. The van der Waals surface area contributed by atoms with Crippen LogP contribution < -0.4 is 0 Å². The highest BCUT2D eigenvalue weighted by molar-refractivity contribution is 6.06. The zero-order chi connectivity index (χ0) is 13.9. The van der Waals surface area contributed by atoms with Gasteiger partial charge in [0.25, 0.3) is 0 Å². The fourth-order valence-corrected chi connectivity index (χ4v) is 4.69. The van der Waals surface area contributed by atoms with Crippen LogP contribution in [-0.2, 0) is 9.59 Å². The van der Waals surface area contributed by atoms with E-state index in [1.807, 2.05) is 37.3 Å². The van der Waals surface area contributed by atoms with E-state index >= 15 is 0 Å². The fourth-order valence-electron chi connectivity index (χ4n) is 4.69. The van der Waals surface area contributed by atoms with Gasteiger partial charge in [-0.3, -0.25) is 14.5 Å². The lowest BCUT2D eigenvalue weighted by molar-refractivity contribution is -0.143. The topological polar surface area (TPSA) is 37.4 Å². The molecule has 1 heterocycles. The van der Waals surface area contributed by atoms with Crippen LogP contribution >= 0.6 is 0 Å². The number of likely N-dealkylation sites (tertiary alicyclic amines) is 1. The molecule has 104 valence electrons.